The zero-order chi connectivity index (χ0) is 12.3. The van der Waals surface area contributed by atoms with Gasteiger partial charge in [0, 0.05) is 0 Å². The SMILES string of the molecule is Cl.N#Cc1cccc([C@H](N)C(F)(F)F)c1C#N. The maximum atomic E-state index is 12.4. The molecule has 2 N–H and O–H groups in total. The van der Waals surface area contributed by atoms with E-state index in [2.05, 4.69) is 0 Å². The average Bonchev–Trinajstić information content (AvgIpc) is 2.25. The van der Waals surface area contributed by atoms with Gasteiger partial charge in [-0.05, 0) is 11.6 Å². The van der Waals surface area contributed by atoms with Crippen molar-refractivity contribution in [2.75, 3.05) is 0 Å². The van der Waals surface area contributed by atoms with Crippen molar-refractivity contribution in [3.63, 3.8) is 0 Å². The Morgan fingerprint density at radius 1 is 1.18 bits per heavy atom. The number of halogens is 4. The summed E-state index contributed by atoms with van der Waals surface area (Å²) in [6, 6.07) is 4.59. The van der Waals surface area contributed by atoms with Crippen LogP contribution in [0.25, 0.3) is 0 Å². The maximum Gasteiger partial charge on any atom is 0.407 e. The molecule has 1 aromatic rings. The van der Waals surface area contributed by atoms with Crippen molar-refractivity contribution < 1.29 is 13.2 Å². The summed E-state index contributed by atoms with van der Waals surface area (Å²) in [5.41, 5.74) is 4.17. The van der Waals surface area contributed by atoms with Crippen LogP contribution in [0.4, 0.5) is 13.2 Å². The van der Waals surface area contributed by atoms with Gasteiger partial charge in [0.15, 0.2) is 0 Å². The maximum absolute atomic E-state index is 12.4. The first-order chi connectivity index (χ1) is 7.41. The van der Waals surface area contributed by atoms with E-state index in [1.807, 2.05) is 0 Å². The quantitative estimate of drug-likeness (QED) is 0.844. The summed E-state index contributed by atoms with van der Waals surface area (Å²) < 4.78 is 37.1. The highest BCUT2D eigenvalue weighted by Crippen LogP contribution is 2.32. The van der Waals surface area contributed by atoms with Crippen molar-refractivity contribution >= 4 is 12.4 Å². The fraction of sp³-hybridized carbons (Fsp3) is 0.200. The van der Waals surface area contributed by atoms with Crippen molar-refractivity contribution in [2.45, 2.75) is 12.2 Å². The van der Waals surface area contributed by atoms with Crippen LogP contribution in [0.2, 0.25) is 0 Å². The molecule has 0 saturated carbocycles. The van der Waals surface area contributed by atoms with Gasteiger partial charge in [-0.2, -0.15) is 23.7 Å². The van der Waals surface area contributed by atoms with Crippen LogP contribution in [0, 0.1) is 22.7 Å². The van der Waals surface area contributed by atoms with Gasteiger partial charge in [-0.25, -0.2) is 0 Å². The summed E-state index contributed by atoms with van der Waals surface area (Å²) in [6.45, 7) is 0. The predicted octanol–water partition coefficient (Wildman–Crippen LogP) is 2.41. The zero-order valence-electron chi connectivity index (χ0n) is 8.32. The highest BCUT2D eigenvalue weighted by atomic mass is 35.5. The number of benzene rings is 1. The second kappa shape index (κ2) is 5.53. The summed E-state index contributed by atoms with van der Waals surface area (Å²) in [5.74, 6) is 0. The van der Waals surface area contributed by atoms with Crippen molar-refractivity contribution in [1.82, 2.24) is 0 Å². The molecule has 1 atom stereocenters. The largest absolute Gasteiger partial charge is 0.407 e. The molecule has 0 amide bonds. The van der Waals surface area contributed by atoms with E-state index in [1.54, 1.807) is 12.1 Å². The summed E-state index contributed by atoms with van der Waals surface area (Å²) >= 11 is 0. The lowest BCUT2D eigenvalue weighted by Gasteiger charge is -2.17. The number of alkyl halides is 3. The van der Waals surface area contributed by atoms with E-state index in [1.165, 1.54) is 12.1 Å². The van der Waals surface area contributed by atoms with Crippen LogP contribution in [-0.2, 0) is 0 Å². The molecule has 90 valence electrons. The molecule has 7 heteroatoms. The Kier molecular flexibility index (Phi) is 4.96. The number of hydrogen-bond donors (Lipinski definition) is 1. The van der Waals surface area contributed by atoms with Crippen LogP contribution in [0.5, 0.6) is 0 Å². The van der Waals surface area contributed by atoms with Crippen LogP contribution in [0.3, 0.4) is 0 Å². The number of rotatable bonds is 1. The third-order valence-electron chi connectivity index (χ3n) is 2.02. The highest BCUT2D eigenvalue weighted by molar-refractivity contribution is 5.85. The Morgan fingerprint density at radius 3 is 2.18 bits per heavy atom. The van der Waals surface area contributed by atoms with E-state index in [0.29, 0.717) is 0 Å². The molecule has 3 nitrogen and oxygen atoms in total. The van der Waals surface area contributed by atoms with Gasteiger partial charge < -0.3 is 5.73 Å². The average molecular weight is 262 g/mol. The molecule has 1 rings (SSSR count). The minimum atomic E-state index is -4.64. The summed E-state index contributed by atoms with van der Waals surface area (Å²) in [4.78, 5) is 0. The first kappa shape index (κ1) is 15.2. The number of nitrogens with zero attached hydrogens (tertiary/aromatic N) is 2. The van der Waals surface area contributed by atoms with E-state index in [0.717, 1.165) is 6.07 Å². The molecule has 0 fully saturated rings. The molecule has 0 aliphatic rings. The predicted molar refractivity (Wildman–Crippen MR) is 56.1 cm³/mol. The van der Waals surface area contributed by atoms with Gasteiger partial charge >= 0.3 is 6.18 Å². The first-order valence-corrected chi connectivity index (χ1v) is 4.17. The van der Waals surface area contributed by atoms with Gasteiger partial charge in [0.2, 0.25) is 0 Å². The smallest absolute Gasteiger partial charge is 0.316 e. The second-order valence-corrected chi connectivity index (χ2v) is 3.01. The second-order valence-electron chi connectivity index (χ2n) is 3.01. The molecule has 0 aliphatic heterocycles. The van der Waals surface area contributed by atoms with Crippen LogP contribution < -0.4 is 5.73 Å². The standard InChI is InChI=1S/C10H6F3N3.ClH/c11-10(12,13)9(16)7-3-1-2-6(4-14)8(7)5-15;/h1-3,9H,16H2;1H/t9-;/m0./s1. The molecular weight excluding hydrogens is 255 g/mol. The lowest BCUT2D eigenvalue weighted by Crippen LogP contribution is -2.29. The lowest BCUT2D eigenvalue weighted by molar-refractivity contribution is -0.149. The van der Waals surface area contributed by atoms with E-state index < -0.39 is 12.2 Å². The zero-order valence-corrected chi connectivity index (χ0v) is 9.14. The molecule has 0 bridgehead atoms. The molecule has 0 saturated heterocycles. The minimum Gasteiger partial charge on any atom is -0.316 e. The molecule has 0 spiro atoms. The van der Waals surface area contributed by atoms with Gasteiger partial charge in [0.25, 0.3) is 0 Å². The molecule has 17 heavy (non-hydrogen) atoms. The highest BCUT2D eigenvalue weighted by Gasteiger charge is 2.39. The normalized spacial score (nSPS) is 11.9. The summed E-state index contributed by atoms with van der Waals surface area (Å²) in [5, 5.41) is 17.4. The molecular formula is C10H7ClF3N3. The third kappa shape index (κ3) is 3.10. The minimum absolute atomic E-state index is 0. The number of hydrogen-bond acceptors (Lipinski definition) is 3. The fourth-order valence-corrected chi connectivity index (χ4v) is 1.22. The van der Waals surface area contributed by atoms with Crippen LogP contribution >= 0.6 is 12.4 Å². The Labute approximate surface area is 102 Å². The molecule has 0 radical (unpaired) electrons. The van der Waals surface area contributed by atoms with E-state index >= 15 is 0 Å². The van der Waals surface area contributed by atoms with Crippen LogP contribution in [-0.4, -0.2) is 6.18 Å². The Bertz CT molecular complexity index is 485. The van der Waals surface area contributed by atoms with Crippen LogP contribution in [0.15, 0.2) is 18.2 Å². The number of nitriles is 2. The van der Waals surface area contributed by atoms with Crippen molar-refractivity contribution in [2.24, 2.45) is 5.73 Å². The monoisotopic (exact) mass is 261 g/mol. The first-order valence-electron chi connectivity index (χ1n) is 4.17. The van der Waals surface area contributed by atoms with Crippen molar-refractivity contribution in [3.8, 4) is 12.1 Å². The summed E-state index contributed by atoms with van der Waals surface area (Å²) in [6.07, 6.45) is -4.64. The third-order valence-corrected chi connectivity index (χ3v) is 2.02. The fourth-order valence-electron chi connectivity index (χ4n) is 1.22. The van der Waals surface area contributed by atoms with Gasteiger partial charge in [-0.1, -0.05) is 12.1 Å². The van der Waals surface area contributed by atoms with Crippen molar-refractivity contribution in [3.05, 3.63) is 34.9 Å². The molecule has 0 aliphatic carbocycles. The molecule has 0 unspecified atom stereocenters. The van der Waals surface area contributed by atoms with E-state index in [-0.39, 0.29) is 29.1 Å². The topological polar surface area (TPSA) is 73.6 Å². The van der Waals surface area contributed by atoms with Gasteiger partial charge in [-0.3, -0.25) is 0 Å². The van der Waals surface area contributed by atoms with Gasteiger partial charge in [-0.15, -0.1) is 12.4 Å². The number of nitrogens with two attached hydrogens (primary N) is 1. The van der Waals surface area contributed by atoms with E-state index in [4.69, 9.17) is 16.3 Å². The van der Waals surface area contributed by atoms with Gasteiger partial charge in [0.05, 0.1) is 11.1 Å². The van der Waals surface area contributed by atoms with Crippen LogP contribution in [0.1, 0.15) is 22.7 Å². The molecule has 1 aromatic carbocycles. The van der Waals surface area contributed by atoms with Gasteiger partial charge in [0.1, 0.15) is 18.2 Å². The summed E-state index contributed by atoms with van der Waals surface area (Å²) in [7, 11) is 0. The van der Waals surface area contributed by atoms with Crippen molar-refractivity contribution in [1.29, 1.82) is 10.5 Å². The molecule has 0 heterocycles. The Morgan fingerprint density at radius 2 is 1.76 bits per heavy atom. The molecule has 0 aromatic heterocycles. The Hall–Kier alpha value is -1.76. The lowest BCUT2D eigenvalue weighted by atomic mass is 9.97. The Balaban J connectivity index is 0.00000256. The van der Waals surface area contributed by atoms with E-state index in [9.17, 15) is 13.2 Å².